The van der Waals surface area contributed by atoms with Crippen molar-refractivity contribution in [1.29, 1.82) is 0 Å². The number of ketones is 1. The van der Waals surface area contributed by atoms with Crippen LogP contribution in [-0.4, -0.2) is 19.2 Å². The highest BCUT2D eigenvalue weighted by Gasteiger charge is 2.28. The standard InChI is InChI=1S/C25H18O5/c26-25-20-10-9-19(27-12-4-7-17-5-2-1-3-6-17)15-22(20)30-24(25)14-18-8-11-21-23(13-18)29-16-28-21/h1-11,13-15H,12,16H2/b7-4+,24-14-. The van der Waals surface area contributed by atoms with Gasteiger partial charge in [0, 0.05) is 6.07 Å². The Kier molecular flexibility index (Phi) is 4.69. The molecule has 2 aliphatic heterocycles. The smallest absolute Gasteiger partial charge is 0.231 e. The predicted molar refractivity (Wildman–Crippen MR) is 113 cm³/mol. The minimum atomic E-state index is -0.154. The normalized spacial score (nSPS) is 15.5. The summed E-state index contributed by atoms with van der Waals surface area (Å²) in [6, 6.07) is 20.8. The molecule has 0 unspecified atom stereocenters. The third-order valence-corrected chi connectivity index (χ3v) is 4.79. The first kappa shape index (κ1) is 18.1. The third kappa shape index (κ3) is 3.65. The highest BCUT2D eigenvalue weighted by Crippen LogP contribution is 2.37. The summed E-state index contributed by atoms with van der Waals surface area (Å²) in [5, 5.41) is 0. The quantitative estimate of drug-likeness (QED) is 0.558. The zero-order valence-electron chi connectivity index (χ0n) is 16.0. The van der Waals surface area contributed by atoms with Crippen LogP contribution < -0.4 is 18.9 Å². The Hall–Kier alpha value is -3.99. The molecule has 0 atom stereocenters. The van der Waals surface area contributed by atoms with Gasteiger partial charge in [-0.15, -0.1) is 0 Å². The van der Waals surface area contributed by atoms with Crippen LogP contribution in [0.15, 0.2) is 78.6 Å². The van der Waals surface area contributed by atoms with Crippen molar-refractivity contribution >= 4 is 17.9 Å². The molecule has 5 nitrogen and oxygen atoms in total. The Morgan fingerprint density at radius 3 is 2.63 bits per heavy atom. The van der Waals surface area contributed by atoms with E-state index in [9.17, 15) is 4.79 Å². The molecule has 2 aliphatic rings. The maximum atomic E-state index is 12.7. The highest BCUT2D eigenvalue weighted by molar-refractivity contribution is 6.14. The number of Topliss-reactive ketones (excluding diaryl/α,β-unsaturated/α-hetero) is 1. The molecule has 5 heteroatoms. The second-order valence-electron chi connectivity index (χ2n) is 6.83. The van der Waals surface area contributed by atoms with Gasteiger partial charge in [0.25, 0.3) is 0 Å². The zero-order chi connectivity index (χ0) is 20.3. The van der Waals surface area contributed by atoms with Gasteiger partial charge in [-0.2, -0.15) is 0 Å². The maximum absolute atomic E-state index is 12.7. The lowest BCUT2D eigenvalue weighted by atomic mass is 10.1. The summed E-state index contributed by atoms with van der Waals surface area (Å²) in [6.45, 7) is 0.626. The predicted octanol–water partition coefficient (Wildman–Crippen LogP) is 5.12. The molecule has 5 rings (SSSR count). The summed E-state index contributed by atoms with van der Waals surface area (Å²) in [4.78, 5) is 12.7. The van der Waals surface area contributed by atoms with Gasteiger partial charge in [0.1, 0.15) is 18.1 Å². The highest BCUT2D eigenvalue weighted by atomic mass is 16.7. The van der Waals surface area contributed by atoms with Gasteiger partial charge in [-0.25, -0.2) is 0 Å². The SMILES string of the molecule is O=C1/C(=C/c2ccc3c(c2)OCO3)Oc2cc(OC/C=C/c3ccccc3)ccc21. The van der Waals surface area contributed by atoms with Crippen LogP contribution in [0, 0.1) is 0 Å². The van der Waals surface area contributed by atoms with E-state index < -0.39 is 0 Å². The lowest BCUT2D eigenvalue weighted by molar-refractivity contribution is 0.101. The van der Waals surface area contributed by atoms with Crippen molar-refractivity contribution in [3.05, 3.63) is 95.3 Å². The van der Waals surface area contributed by atoms with Gasteiger partial charge < -0.3 is 18.9 Å². The second-order valence-corrected chi connectivity index (χ2v) is 6.83. The fourth-order valence-corrected chi connectivity index (χ4v) is 3.30. The maximum Gasteiger partial charge on any atom is 0.231 e. The Balaban J connectivity index is 1.27. The monoisotopic (exact) mass is 398 g/mol. The van der Waals surface area contributed by atoms with Crippen LogP contribution >= 0.6 is 0 Å². The average Bonchev–Trinajstić information content (AvgIpc) is 3.36. The summed E-state index contributed by atoms with van der Waals surface area (Å²) in [5.74, 6) is 2.61. The van der Waals surface area contributed by atoms with E-state index in [1.54, 1.807) is 24.3 Å². The topological polar surface area (TPSA) is 54.0 Å². The van der Waals surface area contributed by atoms with Gasteiger partial charge in [-0.1, -0.05) is 42.5 Å². The molecule has 0 saturated carbocycles. The van der Waals surface area contributed by atoms with Crippen molar-refractivity contribution in [2.45, 2.75) is 0 Å². The number of fused-ring (bicyclic) bond motifs is 2. The summed E-state index contributed by atoms with van der Waals surface area (Å²) in [5.41, 5.74) is 2.44. The van der Waals surface area contributed by atoms with Gasteiger partial charge in [0.05, 0.1) is 5.56 Å². The van der Waals surface area contributed by atoms with Crippen molar-refractivity contribution in [2.24, 2.45) is 0 Å². The molecule has 0 aromatic heterocycles. The van der Waals surface area contributed by atoms with Crippen LogP contribution in [0.3, 0.4) is 0 Å². The van der Waals surface area contributed by atoms with Crippen LogP contribution in [-0.2, 0) is 0 Å². The Labute approximate surface area is 173 Å². The molecule has 0 saturated heterocycles. The molecule has 0 amide bonds. The number of hydrogen-bond donors (Lipinski definition) is 0. The summed E-state index contributed by atoms with van der Waals surface area (Å²) in [7, 11) is 0. The molecule has 30 heavy (non-hydrogen) atoms. The first-order valence-corrected chi connectivity index (χ1v) is 9.59. The summed E-state index contributed by atoms with van der Waals surface area (Å²) < 4.78 is 22.3. The van der Waals surface area contributed by atoms with E-state index in [-0.39, 0.29) is 18.3 Å². The van der Waals surface area contributed by atoms with Crippen molar-refractivity contribution in [3.8, 4) is 23.0 Å². The summed E-state index contributed by atoms with van der Waals surface area (Å²) in [6.07, 6.45) is 5.65. The Morgan fingerprint density at radius 1 is 0.867 bits per heavy atom. The fraction of sp³-hybridized carbons (Fsp3) is 0.0800. The van der Waals surface area contributed by atoms with Gasteiger partial charge in [0.2, 0.25) is 12.6 Å². The number of benzene rings is 3. The lowest BCUT2D eigenvalue weighted by Gasteiger charge is -2.05. The van der Waals surface area contributed by atoms with E-state index in [2.05, 4.69) is 0 Å². The number of carbonyl (C=O) groups excluding carboxylic acids is 1. The van der Waals surface area contributed by atoms with E-state index in [0.29, 0.717) is 35.2 Å². The minimum absolute atomic E-state index is 0.154. The van der Waals surface area contributed by atoms with E-state index >= 15 is 0 Å². The zero-order valence-corrected chi connectivity index (χ0v) is 16.0. The molecule has 3 aromatic carbocycles. The molecule has 2 heterocycles. The van der Waals surface area contributed by atoms with E-state index in [1.165, 1.54) is 0 Å². The lowest BCUT2D eigenvalue weighted by Crippen LogP contribution is -1.98. The van der Waals surface area contributed by atoms with Crippen LogP contribution in [0.1, 0.15) is 21.5 Å². The number of hydrogen-bond acceptors (Lipinski definition) is 5. The molecular formula is C25H18O5. The Morgan fingerprint density at radius 2 is 1.73 bits per heavy atom. The fourth-order valence-electron chi connectivity index (χ4n) is 3.30. The van der Waals surface area contributed by atoms with Gasteiger partial charge in [0.15, 0.2) is 17.3 Å². The van der Waals surface area contributed by atoms with Crippen molar-refractivity contribution < 1.29 is 23.7 Å². The largest absolute Gasteiger partial charge is 0.489 e. The van der Waals surface area contributed by atoms with Crippen molar-refractivity contribution in [2.75, 3.05) is 13.4 Å². The molecule has 0 radical (unpaired) electrons. The van der Waals surface area contributed by atoms with Gasteiger partial charge in [-0.05, 0) is 47.5 Å². The van der Waals surface area contributed by atoms with Crippen molar-refractivity contribution in [1.82, 2.24) is 0 Å². The molecule has 148 valence electrons. The number of rotatable bonds is 5. The average molecular weight is 398 g/mol. The second kappa shape index (κ2) is 7.79. The first-order chi connectivity index (χ1) is 14.8. The number of allylic oxidation sites excluding steroid dienone is 1. The molecule has 3 aromatic rings. The molecule has 0 spiro atoms. The Bertz CT molecular complexity index is 1160. The van der Waals surface area contributed by atoms with E-state index in [4.69, 9.17) is 18.9 Å². The van der Waals surface area contributed by atoms with Crippen molar-refractivity contribution in [3.63, 3.8) is 0 Å². The van der Waals surface area contributed by atoms with Crippen LogP contribution in [0.25, 0.3) is 12.2 Å². The van der Waals surface area contributed by atoms with Gasteiger partial charge >= 0.3 is 0 Å². The third-order valence-electron chi connectivity index (χ3n) is 4.79. The molecule has 0 fully saturated rings. The number of ether oxygens (including phenoxy) is 4. The van der Waals surface area contributed by atoms with E-state index in [1.807, 2.05) is 60.7 Å². The van der Waals surface area contributed by atoms with Gasteiger partial charge in [-0.3, -0.25) is 4.79 Å². The van der Waals surface area contributed by atoms with Crippen LogP contribution in [0.2, 0.25) is 0 Å². The summed E-state index contributed by atoms with van der Waals surface area (Å²) >= 11 is 0. The minimum Gasteiger partial charge on any atom is -0.489 e. The van der Waals surface area contributed by atoms with Crippen LogP contribution in [0.5, 0.6) is 23.0 Å². The van der Waals surface area contributed by atoms with Crippen LogP contribution in [0.4, 0.5) is 0 Å². The molecule has 0 aliphatic carbocycles. The molecule has 0 N–H and O–H groups in total. The molecular weight excluding hydrogens is 380 g/mol. The first-order valence-electron chi connectivity index (χ1n) is 9.59. The number of carbonyl (C=O) groups is 1. The molecule has 0 bridgehead atoms. The van der Waals surface area contributed by atoms with E-state index in [0.717, 1.165) is 11.1 Å².